The van der Waals surface area contributed by atoms with Crippen molar-refractivity contribution in [1.82, 2.24) is 0 Å². The van der Waals surface area contributed by atoms with E-state index in [0.29, 0.717) is 0 Å². The van der Waals surface area contributed by atoms with Crippen molar-refractivity contribution < 1.29 is 4.42 Å². The van der Waals surface area contributed by atoms with Gasteiger partial charge >= 0.3 is 0 Å². The Morgan fingerprint density at radius 1 is 0.250 bits per heavy atom. The summed E-state index contributed by atoms with van der Waals surface area (Å²) in [7, 11) is 0. The largest absolute Gasteiger partial charge is 0.456 e. The lowest BCUT2D eigenvalue weighted by Gasteiger charge is -2.26. The molecule has 1 heterocycles. The van der Waals surface area contributed by atoms with Crippen molar-refractivity contribution in [3.63, 3.8) is 0 Å². The molecule has 2 nitrogen and oxygen atoms in total. The molecule has 0 amide bonds. The van der Waals surface area contributed by atoms with E-state index in [1.54, 1.807) is 0 Å². The van der Waals surface area contributed by atoms with Gasteiger partial charge in [-0.1, -0.05) is 170 Å². The first-order valence-corrected chi connectivity index (χ1v) is 20.5. The molecule has 0 spiro atoms. The zero-order valence-corrected chi connectivity index (χ0v) is 32.9. The minimum Gasteiger partial charge on any atom is -0.456 e. The molecule has 0 aliphatic rings. The van der Waals surface area contributed by atoms with Crippen molar-refractivity contribution in [3.8, 4) is 55.6 Å². The highest BCUT2D eigenvalue weighted by Gasteiger charge is 2.16. The lowest BCUT2D eigenvalue weighted by molar-refractivity contribution is 0.669. The fraction of sp³-hybridized carbons (Fsp3) is 0. The van der Waals surface area contributed by atoms with Gasteiger partial charge in [0, 0.05) is 27.8 Å². The highest BCUT2D eigenvalue weighted by molar-refractivity contribution is 6.06. The van der Waals surface area contributed by atoms with Gasteiger partial charge in [-0.15, -0.1) is 0 Å². The molecule has 2 heteroatoms. The van der Waals surface area contributed by atoms with Gasteiger partial charge in [0.2, 0.25) is 0 Å². The Morgan fingerprint density at radius 3 is 1.38 bits per heavy atom. The van der Waals surface area contributed by atoms with Crippen LogP contribution in [0.1, 0.15) is 0 Å². The molecule has 0 aliphatic heterocycles. The maximum Gasteiger partial charge on any atom is 0.135 e. The van der Waals surface area contributed by atoms with Crippen molar-refractivity contribution in [2.45, 2.75) is 0 Å². The van der Waals surface area contributed by atoms with Crippen LogP contribution in [-0.2, 0) is 0 Å². The van der Waals surface area contributed by atoms with E-state index in [0.717, 1.165) is 50.1 Å². The van der Waals surface area contributed by atoms with Crippen LogP contribution >= 0.6 is 0 Å². The highest BCUT2D eigenvalue weighted by atomic mass is 16.3. The van der Waals surface area contributed by atoms with E-state index >= 15 is 0 Å². The normalized spacial score (nSPS) is 11.3. The summed E-state index contributed by atoms with van der Waals surface area (Å²) >= 11 is 0. The molecule has 11 rings (SSSR count). The van der Waals surface area contributed by atoms with E-state index in [-0.39, 0.29) is 0 Å². The van der Waals surface area contributed by atoms with Gasteiger partial charge in [0.05, 0.1) is 0 Å². The van der Waals surface area contributed by atoms with E-state index < -0.39 is 0 Å². The summed E-state index contributed by atoms with van der Waals surface area (Å²) in [6.07, 6.45) is 0. The minimum absolute atomic E-state index is 0.904. The Bertz CT molecular complexity index is 3290. The number of anilines is 3. The maximum absolute atomic E-state index is 6.13. The summed E-state index contributed by atoms with van der Waals surface area (Å²) in [4.78, 5) is 2.35. The van der Waals surface area contributed by atoms with Crippen LogP contribution in [0.3, 0.4) is 0 Å². The molecule has 0 saturated heterocycles. The van der Waals surface area contributed by atoms with Gasteiger partial charge in [0.25, 0.3) is 0 Å². The first kappa shape index (κ1) is 35.2. The molecule has 0 radical (unpaired) electrons. The smallest absolute Gasteiger partial charge is 0.135 e. The number of benzene rings is 10. The lowest BCUT2D eigenvalue weighted by atomic mass is 9.94. The number of rotatable bonds is 8. The van der Waals surface area contributed by atoms with Gasteiger partial charge in [-0.2, -0.15) is 0 Å². The van der Waals surface area contributed by atoms with Crippen molar-refractivity contribution in [2.75, 3.05) is 4.90 Å². The third-order valence-electron chi connectivity index (χ3n) is 11.7. The van der Waals surface area contributed by atoms with Crippen LogP contribution in [0.2, 0.25) is 0 Å². The molecule has 0 aliphatic carbocycles. The Balaban J connectivity index is 0.955. The fourth-order valence-electron chi connectivity index (χ4n) is 8.60. The highest BCUT2D eigenvalue weighted by Crippen LogP contribution is 2.40. The van der Waals surface area contributed by atoms with E-state index in [9.17, 15) is 0 Å². The number of para-hydroxylation sites is 1. The Labute approximate surface area is 349 Å². The number of furan rings is 1. The minimum atomic E-state index is 0.904. The van der Waals surface area contributed by atoms with Crippen LogP contribution in [0.4, 0.5) is 17.1 Å². The van der Waals surface area contributed by atoms with Crippen LogP contribution in [-0.4, -0.2) is 0 Å². The van der Waals surface area contributed by atoms with Gasteiger partial charge in [0.15, 0.2) is 0 Å². The Kier molecular flexibility index (Phi) is 8.87. The molecular weight excluding hydrogens is 727 g/mol. The molecule has 282 valence electrons. The van der Waals surface area contributed by atoms with Gasteiger partial charge < -0.3 is 9.32 Å². The molecule has 10 aromatic carbocycles. The van der Waals surface area contributed by atoms with Crippen molar-refractivity contribution in [1.29, 1.82) is 0 Å². The predicted molar refractivity (Wildman–Crippen MR) is 253 cm³/mol. The summed E-state index contributed by atoms with van der Waals surface area (Å²) < 4.78 is 6.13. The molecule has 0 N–H and O–H groups in total. The second-order valence-corrected chi connectivity index (χ2v) is 15.3. The molecular formula is C58H39NO. The number of hydrogen-bond donors (Lipinski definition) is 0. The summed E-state index contributed by atoms with van der Waals surface area (Å²) in [6, 6.07) is 84.9. The second-order valence-electron chi connectivity index (χ2n) is 15.3. The van der Waals surface area contributed by atoms with E-state index in [1.807, 2.05) is 12.1 Å². The molecule has 0 bridgehead atoms. The van der Waals surface area contributed by atoms with Crippen LogP contribution in [0, 0.1) is 0 Å². The first-order valence-electron chi connectivity index (χ1n) is 20.5. The van der Waals surface area contributed by atoms with E-state index in [4.69, 9.17) is 4.42 Å². The molecule has 0 atom stereocenters. The van der Waals surface area contributed by atoms with Crippen molar-refractivity contribution in [2.24, 2.45) is 0 Å². The maximum atomic E-state index is 6.13. The molecule has 0 unspecified atom stereocenters. The average Bonchev–Trinajstić information content (AvgIpc) is 3.71. The third kappa shape index (κ3) is 6.61. The number of nitrogens with zero attached hydrogens (tertiary/aromatic N) is 1. The summed E-state index contributed by atoms with van der Waals surface area (Å²) in [5.41, 5.74) is 17.0. The summed E-state index contributed by atoms with van der Waals surface area (Å²) in [5, 5.41) is 4.77. The quantitative estimate of drug-likeness (QED) is 0.153. The third-order valence-corrected chi connectivity index (χ3v) is 11.7. The van der Waals surface area contributed by atoms with Crippen LogP contribution in [0.25, 0.3) is 88.3 Å². The van der Waals surface area contributed by atoms with Crippen LogP contribution in [0.15, 0.2) is 241 Å². The monoisotopic (exact) mass is 765 g/mol. The average molecular weight is 766 g/mol. The van der Waals surface area contributed by atoms with Gasteiger partial charge in [0.1, 0.15) is 11.2 Å². The van der Waals surface area contributed by atoms with Gasteiger partial charge in [-0.25, -0.2) is 0 Å². The Morgan fingerprint density at radius 2 is 0.700 bits per heavy atom. The van der Waals surface area contributed by atoms with Gasteiger partial charge in [-0.05, 0) is 133 Å². The topological polar surface area (TPSA) is 16.4 Å². The van der Waals surface area contributed by atoms with Crippen molar-refractivity contribution >= 4 is 49.8 Å². The molecule has 1 aromatic heterocycles. The molecule has 0 fully saturated rings. The number of fused-ring (bicyclic) bond motifs is 4. The zero-order chi connectivity index (χ0) is 39.8. The standard InChI is InChI=1S/C58H39NO/c1-2-12-43(13-3-1)53-17-6-7-18-54(53)44-27-34-52(35-28-44)59(51-32-25-42(26-33-51)49-29-36-58-56(39-49)55-19-8-9-20-57(55)60-58)50-30-23-41(24-31-50)46-15-10-16-47(37-46)48-22-21-40-11-4-5-14-45(40)38-48/h1-39H. The second kappa shape index (κ2) is 15.1. The lowest BCUT2D eigenvalue weighted by Crippen LogP contribution is -2.09. The molecule has 0 saturated carbocycles. The van der Waals surface area contributed by atoms with Crippen LogP contribution < -0.4 is 4.90 Å². The van der Waals surface area contributed by atoms with E-state index in [2.05, 4.69) is 229 Å². The van der Waals surface area contributed by atoms with Crippen LogP contribution in [0.5, 0.6) is 0 Å². The predicted octanol–water partition coefficient (Wildman–Crippen LogP) is 16.5. The summed E-state index contributed by atoms with van der Waals surface area (Å²) in [5.74, 6) is 0. The summed E-state index contributed by atoms with van der Waals surface area (Å²) in [6.45, 7) is 0. The van der Waals surface area contributed by atoms with E-state index in [1.165, 1.54) is 55.3 Å². The van der Waals surface area contributed by atoms with Crippen molar-refractivity contribution in [3.05, 3.63) is 237 Å². The molecule has 11 aromatic rings. The molecule has 60 heavy (non-hydrogen) atoms. The SMILES string of the molecule is c1ccc(-c2ccccc2-c2ccc(N(c3ccc(-c4cccc(-c5ccc6ccccc6c5)c4)cc3)c3ccc(-c4ccc5oc6ccccc6c5c4)cc3)cc2)cc1. The van der Waals surface area contributed by atoms with Gasteiger partial charge in [-0.3, -0.25) is 0 Å². The zero-order valence-electron chi connectivity index (χ0n) is 32.9. The fourth-order valence-corrected chi connectivity index (χ4v) is 8.60. The number of hydrogen-bond acceptors (Lipinski definition) is 2. The Hall–Kier alpha value is -7.94. The first-order chi connectivity index (χ1) is 29.7.